The number of nitrogens with one attached hydrogen (secondary N) is 1. The van der Waals surface area contributed by atoms with Crippen molar-refractivity contribution >= 4 is 16.9 Å². The van der Waals surface area contributed by atoms with Crippen LogP contribution >= 0.6 is 0 Å². The minimum atomic E-state index is -0.635. The number of methoxy groups -OCH3 is 1. The van der Waals surface area contributed by atoms with Crippen molar-refractivity contribution in [2.45, 2.75) is 37.6 Å². The van der Waals surface area contributed by atoms with Gasteiger partial charge in [0.2, 0.25) is 0 Å². The van der Waals surface area contributed by atoms with Crippen LogP contribution < -0.4 is 0 Å². The normalized spacial score (nSPS) is 26.7. The van der Waals surface area contributed by atoms with E-state index in [4.69, 9.17) is 4.74 Å². The van der Waals surface area contributed by atoms with E-state index in [1.165, 1.54) is 18.1 Å². The van der Waals surface area contributed by atoms with Gasteiger partial charge in [0.15, 0.2) is 0 Å². The van der Waals surface area contributed by atoms with Gasteiger partial charge >= 0.3 is 5.97 Å². The Labute approximate surface area is 142 Å². The van der Waals surface area contributed by atoms with Gasteiger partial charge < -0.3 is 9.72 Å². The Morgan fingerprint density at radius 2 is 2.25 bits per heavy atom. The molecule has 2 atom stereocenters. The molecule has 0 amide bonds. The van der Waals surface area contributed by atoms with Gasteiger partial charge in [-0.15, -0.1) is 0 Å². The zero-order chi connectivity index (χ0) is 16.7. The summed E-state index contributed by atoms with van der Waals surface area (Å²) in [5.74, 6) is -0.120. The van der Waals surface area contributed by atoms with E-state index in [0.29, 0.717) is 0 Å². The first kappa shape index (κ1) is 15.5. The predicted octanol–water partition coefficient (Wildman–Crippen LogP) is 3.18. The maximum Gasteiger partial charge on any atom is 0.319 e. The zero-order valence-electron chi connectivity index (χ0n) is 14.3. The lowest BCUT2D eigenvalue weighted by molar-refractivity contribution is -0.150. The summed E-state index contributed by atoms with van der Waals surface area (Å²) in [6.07, 6.45) is 7.07. The number of aromatic nitrogens is 1. The summed E-state index contributed by atoms with van der Waals surface area (Å²) in [5.41, 5.74) is 2.84. The number of rotatable bonds is 2. The van der Waals surface area contributed by atoms with Crippen molar-refractivity contribution in [3.05, 3.63) is 47.7 Å². The smallest absolute Gasteiger partial charge is 0.319 e. The second-order valence-corrected chi connectivity index (χ2v) is 6.78. The number of hydrogen-bond acceptors (Lipinski definition) is 3. The number of nitrogens with zero attached hydrogens (tertiary/aromatic N) is 1. The molecule has 126 valence electrons. The van der Waals surface area contributed by atoms with Gasteiger partial charge in [-0.1, -0.05) is 37.3 Å². The molecule has 1 aliphatic carbocycles. The van der Waals surface area contributed by atoms with E-state index < -0.39 is 5.41 Å². The molecule has 0 radical (unpaired) electrons. The third kappa shape index (κ3) is 1.99. The highest BCUT2D eigenvalue weighted by molar-refractivity contribution is 5.91. The molecule has 0 saturated carbocycles. The third-order valence-corrected chi connectivity index (χ3v) is 5.79. The van der Waals surface area contributed by atoms with Gasteiger partial charge in [-0.25, -0.2) is 0 Å². The number of H-pyrrole nitrogens is 1. The van der Waals surface area contributed by atoms with Gasteiger partial charge in [0, 0.05) is 29.2 Å². The summed E-state index contributed by atoms with van der Waals surface area (Å²) in [5, 5.41) is 1.24. The topological polar surface area (TPSA) is 45.3 Å². The molecule has 1 aromatic heterocycles. The number of carbonyl (C=O) groups is 1. The van der Waals surface area contributed by atoms with Gasteiger partial charge in [-0.05, 0) is 37.4 Å². The Bertz CT molecular complexity index is 807. The maximum atomic E-state index is 13.1. The first-order chi connectivity index (χ1) is 11.7. The molecule has 2 heterocycles. The number of aromatic amines is 1. The number of likely N-dealkylation sites (N-methyl/N-ethyl adjacent to an activating group) is 1. The summed E-state index contributed by atoms with van der Waals surface area (Å²) < 4.78 is 5.33. The number of esters is 1. The second-order valence-electron chi connectivity index (χ2n) is 6.78. The zero-order valence-corrected chi connectivity index (χ0v) is 14.3. The molecule has 1 N–H and O–H groups in total. The van der Waals surface area contributed by atoms with Crippen LogP contribution in [0.5, 0.6) is 0 Å². The Hall–Kier alpha value is -2.07. The Balaban J connectivity index is 2.02. The molecule has 2 aliphatic rings. The van der Waals surface area contributed by atoms with E-state index in [1.54, 1.807) is 0 Å². The van der Waals surface area contributed by atoms with Crippen LogP contribution in [0.25, 0.3) is 10.9 Å². The minimum absolute atomic E-state index is 0.0537. The Morgan fingerprint density at radius 3 is 3.04 bits per heavy atom. The van der Waals surface area contributed by atoms with Crippen molar-refractivity contribution in [2.24, 2.45) is 0 Å². The molecule has 4 nitrogen and oxygen atoms in total. The van der Waals surface area contributed by atoms with E-state index in [2.05, 4.69) is 47.2 Å². The molecule has 1 aromatic carbocycles. The lowest BCUT2D eigenvalue weighted by Crippen LogP contribution is -2.55. The SMILES string of the molecule is CCN1CCc2c([nH]c3ccccc23)C2(C(=O)OC)CCC=CC12. The fourth-order valence-corrected chi connectivity index (χ4v) is 4.65. The highest BCUT2D eigenvalue weighted by atomic mass is 16.5. The fraction of sp³-hybridized carbons (Fsp3) is 0.450. The van der Waals surface area contributed by atoms with Crippen LogP contribution in [0.4, 0.5) is 0 Å². The lowest BCUT2D eigenvalue weighted by Gasteiger charge is -2.42. The molecule has 1 aliphatic heterocycles. The van der Waals surface area contributed by atoms with Gasteiger partial charge in [0.05, 0.1) is 7.11 Å². The first-order valence-corrected chi connectivity index (χ1v) is 8.81. The molecule has 0 bridgehead atoms. The maximum absolute atomic E-state index is 13.1. The van der Waals surface area contributed by atoms with E-state index in [0.717, 1.165) is 43.6 Å². The molecule has 0 spiro atoms. The van der Waals surface area contributed by atoms with Gasteiger partial charge in [0.1, 0.15) is 5.41 Å². The third-order valence-electron chi connectivity index (χ3n) is 5.79. The van der Waals surface area contributed by atoms with E-state index in [1.807, 2.05) is 6.07 Å². The summed E-state index contributed by atoms with van der Waals surface area (Å²) in [6.45, 7) is 4.05. The van der Waals surface area contributed by atoms with Crippen LogP contribution in [-0.4, -0.2) is 42.1 Å². The van der Waals surface area contributed by atoms with Crippen LogP contribution in [0.3, 0.4) is 0 Å². The molecule has 2 unspecified atom stereocenters. The van der Waals surface area contributed by atoms with Gasteiger partial charge in [0.25, 0.3) is 0 Å². The quantitative estimate of drug-likeness (QED) is 0.682. The Morgan fingerprint density at radius 1 is 1.42 bits per heavy atom. The molecule has 0 saturated heterocycles. The predicted molar refractivity (Wildman–Crippen MR) is 95.1 cm³/mol. The molecular weight excluding hydrogens is 300 g/mol. The standard InChI is InChI=1S/C20H24N2O2/c1-3-22-13-11-15-14-8-4-5-9-16(14)21-18(15)20(19(23)24-2)12-7-6-10-17(20)22/h4-6,8-10,17,21H,3,7,11-13H2,1-2H3. The highest BCUT2D eigenvalue weighted by Crippen LogP contribution is 2.45. The molecule has 0 fully saturated rings. The largest absolute Gasteiger partial charge is 0.468 e. The average Bonchev–Trinajstić information content (AvgIpc) is 2.94. The second kappa shape index (κ2) is 5.78. The number of ether oxygens (including phenoxy) is 1. The first-order valence-electron chi connectivity index (χ1n) is 8.81. The molecule has 2 aromatic rings. The van der Waals surface area contributed by atoms with Crippen LogP contribution in [0, 0.1) is 0 Å². The van der Waals surface area contributed by atoms with Crippen molar-refractivity contribution in [3.8, 4) is 0 Å². The number of allylic oxidation sites excluding steroid dienone is 1. The molecule has 4 heteroatoms. The van der Waals surface area contributed by atoms with Crippen molar-refractivity contribution in [1.29, 1.82) is 0 Å². The number of benzene rings is 1. The Kier molecular flexibility index (Phi) is 3.72. The van der Waals surface area contributed by atoms with Crippen LogP contribution in [0.2, 0.25) is 0 Å². The lowest BCUT2D eigenvalue weighted by atomic mass is 9.69. The average molecular weight is 324 g/mol. The van der Waals surface area contributed by atoms with Crippen molar-refractivity contribution in [3.63, 3.8) is 0 Å². The van der Waals surface area contributed by atoms with Crippen LogP contribution in [-0.2, 0) is 21.4 Å². The fourth-order valence-electron chi connectivity index (χ4n) is 4.65. The summed E-state index contributed by atoms with van der Waals surface area (Å²) >= 11 is 0. The summed E-state index contributed by atoms with van der Waals surface area (Å²) in [7, 11) is 1.51. The van der Waals surface area contributed by atoms with E-state index in [-0.39, 0.29) is 12.0 Å². The monoisotopic (exact) mass is 324 g/mol. The van der Waals surface area contributed by atoms with Crippen molar-refractivity contribution < 1.29 is 9.53 Å². The van der Waals surface area contributed by atoms with Gasteiger partial charge in [-0.3, -0.25) is 9.69 Å². The van der Waals surface area contributed by atoms with E-state index >= 15 is 0 Å². The number of hydrogen-bond donors (Lipinski definition) is 1. The summed E-state index contributed by atoms with van der Waals surface area (Å²) in [6, 6.07) is 8.42. The molecular formula is C20H24N2O2. The highest BCUT2D eigenvalue weighted by Gasteiger charge is 2.53. The van der Waals surface area contributed by atoms with Crippen LogP contribution in [0.1, 0.15) is 31.0 Å². The molecule has 4 rings (SSSR count). The van der Waals surface area contributed by atoms with Crippen molar-refractivity contribution in [1.82, 2.24) is 9.88 Å². The molecule has 24 heavy (non-hydrogen) atoms. The van der Waals surface area contributed by atoms with Gasteiger partial charge in [-0.2, -0.15) is 0 Å². The summed E-state index contributed by atoms with van der Waals surface area (Å²) in [4.78, 5) is 19.1. The van der Waals surface area contributed by atoms with Crippen molar-refractivity contribution in [2.75, 3.05) is 20.2 Å². The van der Waals surface area contributed by atoms with E-state index in [9.17, 15) is 4.79 Å². The number of fused-ring (bicyclic) bond motifs is 5. The number of carbonyl (C=O) groups excluding carboxylic acids is 1. The van der Waals surface area contributed by atoms with Crippen LogP contribution in [0.15, 0.2) is 36.4 Å². The number of para-hydroxylation sites is 1. The minimum Gasteiger partial charge on any atom is -0.468 e.